The third-order valence-corrected chi connectivity index (χ3v) is 1.12. The summed E-state index contributed by atoms with van der Waals surface area (Å²) in [5, 5.41) is 0. The van der Waals surface area contributed by atoms with Crippen LogP contribution in [0.4, 0.5) is 35.1 Å². The first-order chi connectivity index (χ1) is 5.56. The Morgan fingerprint density at radius 2 is 1.00 bits per heavy atom. The molecule has 0 fully saturated rings. The SMILES string of the molecule is F/C=C/C(F)(C(F)(F)F)C(F)(F)F. The Morgan fingerprint density at radius 3 is 1.08 bits per heavy atom. The van der Waals surface area contributed by atoms with Gasteiger partial charge in [0.25, 0.3) is 0 Å². The van der Waals surface area contributed by atoms with Gasteiger partial charge in [0.1, 0.15) is 0 Å². The first-order valence-electron chi connectivity index (χ1n) is 2.66. The Labute approximate surface area is 66.8 Å². The summed E-state index contributed by atoms with van der Waals surface area (Å²) in [6.07, 6.45) is -14.8. The Balaban J connectivity index is 5.21. The highest BCUT2D eigenvalue weighted by Gasteiger charge is 2.71. The van der Waals surface area contributed by atoms with Gasteiger partial charge >= 0.3 is 18.0 Å². The van der Waals surface area contributed by atoms with Crippen LogP contribution in [0.15, 0.2) is 12.4 Å². The minimum Gasteiger partial charge on any atom is -0.219 e. The summed E-state index contributed by atoms with van der Waals surface area (Å²) in [6.45, 7) is 0. The van der Waals surface area contributed by atoms with E-state index in [4.69, 9.17) is 0 Å². The number of halogens is 8. The summed E-state index contributed by atoms with van der Waals surface area (Å²) in [6, 6.07) is 0. The summed E-state index contributed by atoms with van der Waals surface area (Å²) in [4.78, 5) is 0. The highest BCUT2D eigenvalue weighted by Crippen LogP contribution is 2.47. The smallest absolute Gasteiger partial charge is 0.219 e. The molecule has 0 rings (SSSR count). The Morgan fingerprint density at radius 1 is 0.692 bits per heavy atom. The van der Waals surface area contributed by atoms with Gasteiger partial charge in [0, 0.05) is 0 Å². The van der Waals surface area contributed by atoms with Crippen LogP contribution < -0.4 is 0 Å². The van der Waals surface area contributed by atoms with Gasteiger partial charge in [-0.1, -0.05) is 0 Å². The van der Waals surface area contributed by atoms with E-state index in [0.717, 1.165) is 0 Å². The molecule has 0 N–H and O–H groups in total. The molecular weight excluding hydrogens is 212 g/mol. The first-order valence-corrected chi connectivity index (χ1v) is 2.66. The van der Waals surface area contributed by atoms with Gasteiger partial charge in [-0.15, -0.1) is 0 Å². The van der Waals surface area contributed by atoms with Crippen molar-refractivity contribution in [3.8, 4) is 0 Å². The molecule has 0 nitrogen and oxygen atoms in total. The maximum absolute atomic E-state index is 12.2. The van der Waals surface area contributed by atoms with Crippen molar-refractivity contribution in [3.05, 3.63) is 12.4 Å². The lowest BCUT2D eigenvalue weighted by Gasteiger charge is -2.26. The standard InChI is InChI=1S/C5H2F8/c6-2-1-3(7,4(8,9)10)5(11,12)13/h1-2H/b2-1+. The van der Waals surface area contributed by atoms with Crippen LogP contribution in [0.25, 0.3) is 0 Å². The van der Waals surface area contributed by atoms with E-state index in [1.807, 2.05) is 0 Å². The molecule has 0 atom stereocenters. The predicted octanol–water partition coefficient (Wildman–Crippen LogP) is 3.30. The van der Waals surface area contributed by atoms with Gasteiger partial charge in [-0.05, 0) is 6.08 Å². The fourth-order valence-corrected chi connectivity index (χ4v) is 0.437. The molecule has 0 amide bonds. The molecule has 78 valence electrons. The van der Waals surface area contributed by atoms with Gasteiger partial charge in [0.15, 0.2) is 0 Å². The Hall–Kier alpha value is -0.820. The van der Waals surface area contributed by atoms with Crippen molar-refractivity contribution in [3.63, 3.8) is 0 Å². The van der Waals surface area contributed by atoms with Gasteiger partial charge in [-0.2, -0.15) is 26.3 Å². The van der Waals surface area contributed by atoms with Crippen molar-refractivity contribution in [2.75, 3.05) is 0 Å². The number of hydrogen-bond acceptors (Lipinski definition) is 0. The van der Waals surface area contributed by atoms with Gasteiger partial charge < -0.3 is 0 Å². The van der Waals surface area contributed by atoms with Gasteiger partial charge in [0.05, 0.1) is 6.33 Å². The van der Waals surface area contributed by atoms with Crippen LogP contribution in [-0.4, -0.2) is 18.0 Å². The summed E-state index contributed by atoms with van der Waals surface area (Å²) in [7, 11) is 0. The van der Waals surface area contributed by atoms with Crippen molar-refractivity contribution >= 4 is 0 Å². The molecule has 0 saturated heterocycles. The highest BCUT2D eigenvalue weighted by molar-refractivity contribution is 5.08. The lowest BCUT2D eigenvalue weighted by atomic mass is 10.1. The number of rotatable bonds is 1. The van der Waals surface area contributed by atoms with Crippen molar-refractivity contribution in [2.45, 2.75) is 18.0 Å². The maximum atomic E-state index is 12.2. The lowest BCUT2D eigenvalue weighted by molar-refractivity contribution is -0.322. The maximum Gasteiger partial charge on any atom is 0.435 e. The molecule has 0 unspecified atom stereocenters. The fraction of sp³-hybridized carbons (Fsp3) is 0.600. The molecule has 8 heteroatoms. The van der Waals surface area contributed by atoms with E-state index in [2.05, 4.69) is 0 Å². The van der Waals surface area contributed by atoms with Crippen LogP contribution in [-0.2, 0) is 0 Å². The van der Waals surface area contributed by atoms with Gasteiger partial charge in [0.2, 0.25) is 0 Å². The normalized spacial score (nSPS) is 15.4. The third kappa shape index (κ3) is 2.10. The summed E-state index contributed by atoms with van der Waals surface area (Å²) in [5.41, 5.74) is -5.63. The summed E-state index contributed by atoms with van der Waals surface area (Å²) < 4.78 is 92.2. The second-order valence-electron chi connectivity index (χ2n) is 2.00. The zero-order valence-corrected chi connectivity index (χ0v) is 5.68. The molecule has 0 aliphatic rings. The van der Waals surface area contributed by atoms with E-state index in [1.165, 1.54) is 0 Å². The Kier molecular flexibility index (Phi) is 2.95. The number of allylic oxidation sites excluding steroid dienone is 1. The van der Waals surface area contributed by atoms with Crippen LogP contribution in [0, 0.1) is 0 Å². The number of alkyl halides is 7. The molecule has 0 spiro atoms. The number of hydrogen-bond donors (Lipinski definition) is 0. The molecular formula is C5H2F8. The predicted molar refractivity (Wildman–Crippen MR) is 26.2 cm³/mol. The average Bonchev–Trinajstić information content (AvgIpc) is 1.82. The largest absolute Gasteiger partial charge is 0.435 e. The quantitative estimate of drug-likeness (QED) is 0.587. The Bertz CT molecular complexity index is 182. The van der Waals surface area contributed by atoms with E-state index in [9.17, 15) is 35.1 Å². The molecule has 0 aromatic carbocycles. The van der Waals surface area contributed by atoms with Gasteiger partial charge in [-0.25, -0.2) is 8.78 Å². The molecule has 0 aliphatic carbocycles. The second kappa shape index (κ2) is 3.15. The van der Waals surface area contributed by atoms with Crippen LogP contribution >= 0.6 is 0 Å². The van der Waals surface area contributed by atoms with E-state index >= 15 is 0 Å². The van der Waals surface area contributed by atoms with Crippen molar-refractivity contribution < 1.29 is 35.1 Å². The highest BCUT2D eigenvalue weighted by atomic mass is 19.4. The van der Waals surface area contributed by atoms with Crippen LogP contribution in [0.2, 0.25) is 0 Å². The van der Waals surface area contributed by atoms with Crippen LogP contribution in [0.3, 0.4) is 0 Å². The average molecular weight is 214 g/mol. The molecule has 0 radical (unpaired) electrons. The van der Waals surface area contributed by atoms with E-state index in [0.29, 0.717) is 0 Å². The lowest BCUT2D eigenvalue weighted by Crippen LogP contribution is -2.51. The van der Waals surface area contributed by atoms with E-state index < -0.39 is 30.4 Å². The molecule has 0 aromatic heterocycles. The molecule has 0 heterocycles. The molecule has 0 bridgehead atoms. The minimum absolute atomic E-state index is 1.14. The molecule has 0 aliphatic heterocycles. The third-order valence-electron chi connectivity index (χ3n) is 1.12. The van der Waals surface area contributed by atoms with Crippen molar-refractivity contribution in [1.29, 1.82) is 0 Å². The zero-order chi connectivity index (χ0) is 10.9. The van der Waals surface area contributed by atoms with Gasteiger partial charge in [-0.3, -0.25) is 0 Å². The minimum atomic E-state index is -6.23. The van der Waals surface area contributed by atoms with E-state index in [1.54, 1.807) is 0 Å². The van der Waals surface area contributed by atoms with Crippen LogP contribution in [0.1, 0.15) is 0 Å². The van der Waals surface area contributed by atoms with Crippen molar-refractivity contribution in [2.24, 2.45) is 0 Å². The fourth-order valence-electron chi connectivity index (χ4n) is 0.437. The zero-order valence-electron chi connectivity index (χ0n) is 5.68. The molecule has 0 aromatic rings. The van der Waals surface area contributed by atoms with Crippen LogP contribution in [0.5, 0.6) is 0 Å². The molecule has 13 heavy (non-hydrogen) atoms. The molecule has 0 saturated carbocycles. The van der Waals surface area contributed by atoms with Crippen molar-refractivity contribution in [1.82, 2.24) is 0 Å². The first kappa shape index (κ1) is 12.2. The topological polar surface area (TPSA) is 0 Å². The monoisotopic (exact) mass is 214 g/mol. The summed E-state index contributed by atoms with van der Waals surface area (Å²) >= 11 is 0. The second-order valence-corrected chi connectivity index (χ2v) is 2.00. The summed E-state index contributed by atoms with van der Waals surface area (Å²) in [5.74, 6) is 0. The van der Waals surface area contributed by atoms with E-state index in [-0.39, 0.29) is 0 Å².